The van der Waals surface area contributed by atoms with E-state index in [0.717, 1.165) is 27.8 Å². The molecule has 0 saturated carbocycles. The van der Waals surface area contributed by atoms with Gasteiger partial charge in [-0.05, 0) is 55.5 Å². The average molecular weight is 307 g/mol. The van der Waals surface area contributed by atoms with Crippen molar-refractivity contribution in [1.82, 2.24) is 0 Å². The van der Waals surface area contributed by atoms with Gasteiger partial charge in [0.15, 0.2) is 0 Å². The van der Waals surface area contributed by atoms with Crippen LogP contribution in [0.25, 0.3) is 11.0 Å². The number of anilines is 1. The summed E-state index contributed by atoms with van der Waals surface area (Å²) in [6.45, 7) is 8.77. The first-order valence-corrected chi connectivity index (χ1v) is 7.80. The number of rotatable bonds is 3. The Hall–Kier alpha value is -2.55. The lowest BCUT2D eigenvalue weighted by Crippen LogP contribution is -2.08. The summed E-state index contributed by atoms with van der Waals surface area (Å²) in [5, 5.41) is 4.46. The Morgan fingerprint density at radius 3 is 2.35 bits per heavy atom. The maximum Gasteiger partial charge on any atom is 0.336 e. The highest BCUT2D eigenvalue weighted by Gasteiger charge is 2.10. The van der Waals surface area contributed by atoms with Gasteiger partial charge in [-0.3, -0.25) is 0 Å². The minimum Gasteiger partial charge on any atom is -0.422 e. The van der Waals surface area contributed by atoms with Crippen LogP contribution in [-0.2, 0) is 6.54 Å². The third-order valence-electron chi connectivity index (χ3n) is 4.45. The van der Waals surface area contributed by atoms with Gasteiger partial charge in [0.25, 0.3) is 0 Å². The zero-order valence-electron chi connectivity index (χ0n) is 14.0. The van der Waals surface area contributed by atoms with Crippen LogP contribution in [-0.4, -0.2) is 0 Å². The molecule has 3 rings (SSSR count). The second-order valence-corrected chi connectivity index (χ2v) is 6.10. The smallest absolute Gasteiger partial charge is 0.336 e. The first-order chi connectivity index (χ1) is 11.0. The molecule has 2 aromatic carbocycles. The summed E-state index contributed by atoms with van der Waals surface area (Å²) in [6, 6.07) is 11.9. The Labute approximate surface area is 136 Å². The van der Waals surface area contributed by atoms with E-state index in [2.05, 4.69) is 43.4 Å². The van der Waals surface area contributed by atoms with Gasteiger partial charge < -0.3 is 9.73 Å². The van der Waals surface area contributed by atoms with Crippen LogP contribution >= 0.6 is 0 Å². The Morgan fingerprint density at radius 1 is 0.957 bits per heavy atom. The third-order valence-corrected chi connectivity index (χ3v) is 4.45. The molecule has 118 valence electrons. The van der Waals surface area contributed by atoms with Crippen molar-refractivity contribution in [3.8, 4) is 0 Å². The van der Waals surface area contributed by atoms with E-state index in [9.17, 15) is 4.79 Å². The summed E-state index contributed by atoms with van der Waals surface area (Å²) in [7, 11) is 0. The molecule has 0 fully saturated rings. The molecule has 0 unspecified atom stereocenters. The second-order valence-electron chi connectivity index (χ2n) is 6.10. The number of para-hydroxylation sites is 1. The van der Waals surface area contributed by atoms with Gasteiger partial charge in [0, 0.05) is 23.7 Å². The Morgan fingerprint density at radius 2 is 1.65 bits per heavy atom. The average Bonchev–Trinajstić information content (AvgIpc) is 2.50. The van der Waals surface area contributed by atoms with Crippen molar-refractivity contribution in [1.29, 1.82) is 0 Å². The predicted molar refractivity (Wildman–Crippen MR) is 95.2 cm³/mol. The Balaban J connectivity index is 2.04. The second kappa shape index (κ2) is 5.92. The van der Waals surface area contributed by atoms with E-state index in [4.69, 9.17) is 4.42 Å². The molecule has 0 aliphatic heterocycles. The van der Waals surface area contributed by atoms with E-state index in [0.29, 0.717) is 12.1 Å². The quantitative estimate of drug-likeness (QED) is 0.717. The lowest BCUT2D eigenvalue weighted by molar-refractivity contribution is 0.556. The lowest BCUT2D eigenvalue weighted by Gasteiger charge is -2.14. The summed E-state index contributed by atoms with van der Waals surface area (Å²) in [6.07, 6.45) is 0. The van der Waals surface area contributed by atoms with Crippen LogP contribution in [0.3, 0.4) is 0 Å². The molecular weight excluding hydrogens is 286 g/mol. The van der Waals surface area contributed by atoms with E-state index in [-0.39, 0.29) is 5.63 Å². The zero-order valence-corrected chi connectivity index (χ0v) is 14.0. The monoisotopic (exact) mass is 307 g/mol. The molecular formula is C20H21NO2. The normalized spacial score (nSPS) is 11.0. The van der Waals surface area contributed by atoms with Crippen LogP contribution < -0.4 is 10.9 Å². The summed E-state index contributed by atoms with van der Waals surface area (Å²) >= 11 is 0. The molecule has 0 bridgehead atoms. The van der Waals surface area contributed by atoms with Crippen molar-refractivity contribution in [2.24, 2.45) is 0 Å². The van der Waals surface area contributed by atoms with Gasteiger partial charge >= 0.3 is 5.63 Å². The van der Waals surface area contributed by atoms with Crippen molar-refractivity contribution in [3.05, 3.63) is 74.6 Å². The predicted octanol–water partition coefficient (Wildman–Crippen LogP) is 4.64. The summed E-state index contributed by atoms with van der Waals surface area (Å²) < 4.78 is 5.43. The molecule has 3 aromatic rings. The molecule has 1 aromatic heterocycles. The first-order valence-electron chi connectivity index (χ1n) is 7.80. The van der Waals surface area contributed by atoms with E-state index in [1.54, 1.807) is 6.07 Å². The highest BCUT2D eigenvalue weighted by Crippen LogP contribution is 2.25. The van der Waals surface area contributed by atoms with Crippen LogP contribution in [0.5, 0.6) is 0 Å². The molecule has 0 saturated heterocycles. The molecule has 3 heteroatoms. The fourth-order valence-corrected chi connectivity index (χ4v) is 2.95. The first kappa shape index (κ1) is 15.3. The van der Waals surface area contributed by atoms with E-state index in [1.807, 2.05) is 19.9 Å². The summed E-state index contributed by atoms with van der Waals surface area (Å²) in [5.41, 5.74) is 7.02. The molecule has 0 radical (unpaired) electrons. The molecule has 3 nitrogen and oxygen atoms in total. The molecule has 0 atom stereocenters. The molecule has 1 heterocycles. The highest BCUT2D eigenvalue weighted by atomic mass is 16.4. The fraction of sp³-hybridized carbons (Fsp3) is 0.250. The number of nitrogens with one attached hydrogen (secondary N) is 1. The number of hydrogen-bond donors (Lipinski definition) is 1. The van der Waals surface area contributed by atoms with E-state index >= 15 is 0 Å². The lowest BCUT2D eigenvalue weighted by atomic mass is 10.0. The minimum atomic E-state index is -0.301. The van der Waals surface area contributed by atoms with Crippen molar-refractivity contribution >= 4 is 16.7 Å². The number of benzene rings is 2. The van der Waals surface area contributed by atoms with E-state index < -0.39 is 0 Å². The van der Waals surface area contributed by atoms with Crippen LogP contribution in [0.4, 0.5) is 5.69 Å². The van der Waals surface area contributed by atoms with Crippen molar-refractivity contribution in [3.63, 3.8) is 0 Å². The highest BCUT2D eigenvalue weighted by molar-refractivity contribution is 5.84. The van der Waals surface area contributed by atoms with Crippen LogP contribution in [0.2, 0.25) is 0 Å². The van der Waals surface area contributed by atoms with Crippen molar-refractivity contribution in [2.45, 2.75) is 34.2 Å². The summed E-state index contributed by atoms with van der Waals surface area (Å²) in [4.78, 5) is 11.9. The number of aryl methyl sites for hydroxylation is 4. The Kier molecular flexibility index (Phi) is 3.95. The zero-order chi connectivity index (χ0) is 16.6. The van der Waals surface area contributed by atoms with Crippen molar-refractivity contribution < 1.29 is 4.42 Å². The maximum atomic E-state index is 11.9. The van der Waals surface area contributed by atoms with Gasteiger partial charge in [-0.15, -0.1) is 0 Å². The Bertz CT molecular complexity index is 918. The third kappa shape index (κ3) is 2.87. The molecule has 0 spiro atoms. The SMILES string of the molecule is Cc1cccc(C)c1NCc1cc(=O)oc2c(C)c(C)ccc12. The van der Waals surface area contributed by atoms with Gasteiger partial charge in [0.05, 0.1) is 0 Å². The standard InChI is InChI=1S/C20H21NO2/c1-12-8-9-17-16(10-18(22)23-20(17)15(12)4)11-21-19-13(2)6-5-7-14(19)3/h5-10,21H,11H2,1-4H3. The molecule has 0 amide bonds. The summed E-state index contributed by atoms with van der Waals surface area (Å²) in [5.74, 6) is 0. The molecule has 0 aliphatic carbocycles. The van der Waals surface area contributed by atoms with Gasteiger partial charge in [-0.1, -0.05) is 30.3 Å². The van der Waals surface area contributed by atoms with Crippen LogP contribution in [0.15, 0.2) is 45.6 Å². The topological polar surface area (TPSA) is 42.2 Å². The van der Waals surface area contributed by atoms with Gasteiger partial charge in [0.1, 0.15) is 5.58 Å². The maximum absolute atomic E-state index is 11.9. The van der Waals surface area contributed by atoms with Gasteiger partial charge in [-0.2, -0.15) is 0 Å². The van der Waals surface area contributed by atoms with Crippen LogP contribution in [0.1, 0.15) is 27.8 Å². The van der Waals surface area contributed by atoms with Gasteiger partial charge in [0.2, 0.25) is 0 Å². The molecule has 23 heavy (non-hydrogen) atoms. The minimum absolute atomic E-state index is 0.301. The van der Waals surface area contributed by atoms with Crippen LogP contribution in [0, 0.1) is 27.7 Å². The molecule has 1 N–H and O–H groups in total. The molecule has 0 aliphatic rings. The van der Waals surface area contributed by atoms with E-state index in [1.165, 1.54) is 11.1 Å². The largest absolute Gasteiger partial charge is 0.422 e. The van der Waals surface area contributed by atoms with Crippen molar-refractivity contribution in [2.75, 3.05) is 5.32 Å². The number of hydrogen-bond acceptors (Lipinski definition) is 3. The fourth-order valence-electron chi connectivity index (χ4n) is 2.95. The van der Waals surface area contributed by atoms with Gasteiger partial charge in [-0.25, -0.2) is 4.79 Å². The number of fused-ring (bicyclic) bond motifs is 1.